The van der Waals surface area contributed by atoms with Crippen molar-refractivity contribution < 1.29 is 4.39 Å². The highest BCUT2D eigenvalue weighted by molar-refractivity contribution is 5.20. The van der Waals surface area contributed by atoms with Gasteiger partial charge in [0.1, 0.15) is 5.67 Å². The van der Waals surface area contributed by atoms with Crippen LogP contribution in [0.15, 0.2) is 12.4 Å². The number of aromatic nitrogens is 2. The van der Waals surface area contributed by atoms with E-state index in [9.17, 15) is 4.39 Å². The Bertz CT molecular complexity index is 302. The summed E-state index contributed by atoms with van der Waals surface area (Å²) in [5, 5.41) is 4.04. The number of hydrogen-bond acceptors (Lipinski definition) is 2. The van der Waals surface area contributed by atoms with Gasteiger partial charge in [-0.3, -0.25) is 4.68 Å². The first-order chi connectivity index (χ1) is 6.14. The van der Waals surface area contributed by atoms with Gasteiger partial charge in [-0.15, -0.1) is 0 Å². The first-order valence-corrected chi connectivity index (χ1v) is 4.61. The summed E-state index contributed by atoms with van der Waals surface area (Å²) in [5.74, 6) is 0. The average Bonchev–Trinajstić information content (AvgIpc) is 2.49. The number of aryl methyl sites for hydroxylation is 1. The lowest BCUT2D eigenvalue weighted by Gasteiger charge is -2.38. The fourth-order valence-corrected chi connectivity index (χ4v) is 1.77. The number of alkyl halides is 1. The first kappa shape index (κ1) is 8.69. The molecule has 13 heavy (non-hydrogen) atoms. The van der Waals surface area contributed by atoms with Gasteiger partial charge in [-0.1, -0.05) is 0 Å². The molecule has 0 unspecified atom stereocenters. The molecule has 1 saturated carbocycles. The molecule has 2 N–H and O–H groups in total. The van der Waals surface area contributed by atoms with Crippen LogP contribution in [-0.2, 0) is 12.2 Å². The zero-order chi connectivity index (χ0) is 9.47. The van der Waals surface area contributed by atoms with E-state index in [1.807, 2.05) is 6.92 Å². The Labute approximate surface area is 76.7 Å². The van der Waals surface area contributed by atoms with Gasteiger partial charge in [0.05, 0.1) is 6.20 Å². The van der Waals surface area contributed by atoms with Crippen molar-refractivity contribution in [2.24, 2.45) is 5.73 Å². The van der Waals surface area contributed by atoms with Gasteiger partial charge in [0, 0.05) is 37.2 Å². The molecular weight excluding hydrogens is 169 g/mol. The molecular formula is C9H14FN3. The Morgan fingerprint density at radius 3 is 2.92 bits per heavy atom. The van der Waals surface area contributed by atoms with Crippen molar-refractivity contribution in [3.8, 4) is 0 Å². The van der Waals surface area contributed by atoms with E-state index in [0.29, 0.717) is 18.4 Å². The summed E-state index contributed by atoms with van der Waals surface area (Å²) in [7, 11) is 0. The third-order valence-electron chi connectivity index (χ3n) is 2.65. The van der Waals surface area contributed by atoms with Crippen LogP contribution in [0.25, 0.3) is 0 Å². The Morgan fingerprint density at radius 1 is 1.77 bits per heavy atom. The number of nitrogens with two attached hydrogens (primary N) is 1. The van der Waals surface area contributed by atoms with Gasteiger partial charge in [0.15, 0.2) is 0 Å². The molecule has 2 rings (SSSR count). The second-order valence-electron chi connectivity index (χ2n) is 3.72. The highest BCUT2D eigenvalue weighted by Crippen LogP contribution is 2.43. The molecule has 1 aromatic heterocycles. The van der Waals surface area contributed by atoms with Crippen molar-refractivity contribution in [1.82, 2.24) is 9.78 Å². The normalized spacial score (nSPS) is 33.0. The van der Waals surface area contributed by atoms with Gasteiger partial charge >= 0.3 is 0 Å². The summed E-state index contributed by atoms with van der Waals surface area (Å²) in [6.07, 6.45) is 4.24. The predicted molar refractivity (Wildman–Crippen MR) is 47.9 cm³/mol. The zero-order valence-electron chi connectivity index (χ0n) is 7.70. The van der Waals surface area contributed by atoms with E-state index >= 15 is 0 Å². The molecule has 0 aromatic carbocycles. The van der Waals surface area contributed by atoms with Crippen molar-refractivity contribution in [3.05, 3.63) is 18.0 Å². The Balaban J connectivity index is 2.16. The number of hydrogen-bond donors (Lipinski definition) is 1. The van der Waals surface area contributed by atoms with Crippen LogP contribution < -0.4 is 5.73 Å². The van der Waals surface area contributed by atoms with Crippen molar-refractivity contribution in [3.63, 3.8) is 0 Å². The summed E-state index contributed by atoms with van der Waals surface area (Å²) in [5.41, 5.74) is 5.04. The van der Waals surface area contributed by atoms with Gasteiger partial charge in [-0.25, -0.2) is 4.39 Å². The van der Waals surface area contributed by atoms with E-state index in [2.05, 4.69) is 5.10 Å². The molecule has 1 heterocycles. The third kappa shape index (κ3) is 1.35. The molecule has 1 fully saturated rings. The molecule has 1 aromatic rings. The van der Waals surface area contributed by atoms with Crippen molar-refractivity contribution in [1.29, 1.82) is 0 Å². The molecule has 4 heteroatoms. The fraction of sp³-hybridized carbons (Fsp3) is 0.667. The highest BCUT2D eigenvalue weighted by atomic mass is 19.1. The van der Waals surface area contributed by atoms with Crippen LogP contribution in [-0.4, -0.2) is 15.8 Å². The molecule has 1 aliphatic rings. The molecule has 0 aliphatic heterocycles. The Hall–Kier alpha value is -0.900. The minimum atomic E-state index is -1.20. The van der Waals surface area contributed by atoms with Crippen molar-refractivity contribution >= 4 is 0 Å². The maximum Gasteiger partial charge on any atom is 0.142 e. The molecule has 1 aliphatic carbocycles. The van der Waals surface area contributed by atoms with Crippen LogP contribution >= 0.6 is 0 Å². The smallest absolute Gasteiger partial charge is 0.142 e. The SMILES string of the molecule is CCn1cc(C2(F)CC(N)C2)cn1. The molecule has 0 saturated heterocycles. The van der Waals surface area contributed by atoms with Gasteiger partial charge in [0.25, 0.3) is 0 Å². The quantitative estimate of drug-likeness (QED) is 0.748. The van der Waals surface area contributed by atoms with Crippen molar-refractivity contribution in [2.45, 2.75) is 38.0 Å². The van der Waals surface area contributed by atoms with Gasteiger partial charge < -0.3 is 5.73 Å². The van der Waals surface area contributed by atoms with Gasteiger partial charge in [-0.2, -0.15) is 5.10 Å². The van der Waals surface area contributed by atoms with Crippen LogP contribution in [0.3, 0.4) is 0 Å². The second kappa shape index (κ2) is 2.80. The maximum absolute atomic E-state index is 13.9. The summed E-state index contributed by atoms with van der Waals surface area (Å²) < 4.78 is 15.6. The van der Waals surface area contributed by atoms with Crippen LogP contribution in [0.5, 0.6) is 0 Å². The lowest BCUT2D eigenvalue weighted by Crippen LogP contribution is -2.46. The Kier molecular flexibility index (Phi) is 1.87. The van der Waals surface area contributed by atoms with Crippen LogP contribution in [0.2, 0.25) is 0 Å². The lowest BCUT2D eigenvalue weighted by molar-refractivity contribution is 0.0405. The molecule has 0 amide bonds. The third-order valence-corrected chi connectivity index (χ3v) is 2.65. The number of halogens is 1. The molecule has 0 atom stereocenters. The van der Waals surface area contributed by atoms with Crippen LogP contribution in [0.1, 0.15) is 25.3 Å². The Morgan fingerprint density at radius 2 is 2.46 bits per heavy atom. The molecule has 0 radical (unpaired) electrons. The molecule has 0 bridgehead atoms. The summed E-state index contributed by atoms with van der Waals surface area (Å²) in [6, 6.07) is 0.0231. The van der Waals surface area contributed by atoms with Gasteiger partial charge in [0.2, 0.25) is 0 Å². The minimum Gasteiger partial charge on any atom is -0.327 e. The maximum atomic E-state index is 13.9. The lowest BCUT2D eigenvalue weighted by atomic mass is 9.74. The van der Waals surface area contributed by atoms with Gasteiger partial charge in [-0.05, 0) is 6.92 Å². The predicted octanol–water partition coefficient (Wildman–Crippen LogP) is 1.19. The topological polar surface area (TPSA) is 43.8 Å². The molecule has 3 nitrogen and oxygen atoms in total. The van der Waals surface area contributed by atoms with E-state index in [-0.39, 0.29) is 6.04 Å². The number of nitrogens with zero attached hydrogens (tertiary/aromatic N) is 2. The monoisotopic (exact) mass is 183 g/mol. The highest BCUT2D eigenvalue weighted by Gasteiger charge is 2.45. The minimum absolute atomic E-state index is 0.0231. The van der Waals surface area contributed by atoms with E-state index < -0.39 is 5.67 Å². The van der Waals surface area contributed by atoms with Crippen LogP contribution in [0, 0.1) is 0 Å². The fourth-order valence-electron chi connectivity index (χ4n) is 1.77. The van der Waals surface area contributed by atoms with Crippen molar-refractivity contribution in [2.75, 3.05) is 0 Å². The van der Waals surface area contributed by atoms with Crippen LogP contribution in [0.4, 0.5) is 4.39 Å². The van der Waals surface area contributed by atoms with E-state index in [0.717, 1.165) is 6.54 Å². The summed E-state index contributed by atoms with van der Waals surface area (Å²) in [6.45, 7) is 2.76. The van der Waals surface area contributed by atoms with E-state index in [1.54, 1.807) is 17.1 Å². The molecule has 72 valence electrons. The first-order valence-electron chi connectivity index (χ1n) is 4.61. The zero-order valence-corrected chi connectivity index (χ0v) is 7.70. The number of rotatable bonds is 2. The van der Waals surface area contributed by atoms with E-state index in [1.165, 1.54) is 0 Å². The standard InChI is InChI=1S/C9H14FN3/c1-2-13-6-7(5-12-13)9(10)3-8(11)4-9/h5-6,8H,2-4,11H2,1H3. The van der Waals surface area contributed by atoms with E-state index in [4.69, 9.17) is 5.73 Å². The molecule has 0 spiro atoms. The summed E-state index contributed by atoms with van der Waals surface area (Å²) in [4.78, 5) is 0. The summed E-state index contributed by atoms with van der Waals surface area (Å²) >= 11 is 0. The second-order valence-corrected chi connectivity index (χ2v) is 3.72. The average molecular weight is 183 g/mol. The largest absolute Gasteiger partial charge is 0.327 e.